The maximum absolute atomic E-state index is 12.6. The number of rotatable bonds is 3. The lowest BCUT2D eigenvalue weighted by atomic mass is 10.1. The molecule has 8 heteroatoms. The van der Waals surface area contributed by atoms with Crippen molar-refractivity contribution in [2.24, 2.45) is 0 Å². The zero-order valence-electron chi connectivity index (χ0n) is 13.3. The van der Waals surface area contributed by atoms with Gasteiger partial charge in [-0.3, -0.25) is 9.69 Å². The fraction of sp³-hybridized carbons (Fsp3) is 0.412. The standard InChI is InChI=1S/C17H17Cl3N2O3/c18-17(19,20)16(22-8-4-1-5-9-22)21-14(23)12-10-11-6-2-3-7-13(11)25-15(12)24/h2-3,6-7,10,16H,1,4-5,8-9H2,(H,21,23). The van der Waals surface area contributed by atoms with Gasteiger partial charge in [-0.2, -0.15) is 0 Å². The number of nitrogens with one attached hydrogen (secondary N) is 1. The van der Waals surface area contributed by atoms with Crippen LogP contribution in [0.15, 0.2) is 39.5 Å². The highest BCUT2D eigenvalue weighted by Crippen LogP contribution is 2.33. The van der Waals surface area contributed by atoms with Crippen molar-refractivity contribution < 1.29 is 9.21 Å². The summed E-state index contributed by atoms with van der Waals surface area (Å²) in [6, 6.07) is 8.45. The van der Waals surface area contributed by atoms with E-state index in [0.717, 1.165) is 19.3 Å². The first-order valence-corrected chi connectivity index (χ1v) is 9.14. The molecular weight excluding hydrogens is 387 g/mol. The van der Waals surface area contributed by atoms with Gasteiger partial charge in [-0.25, -0.2) is 4.79 Å². The number of hydrogen-bond acceptors (Lipinski definition) is 4. The summed E-state index contributed by atoms with van der Waals surface area (Å²) in [5.41, 5.74) is -0.425. The van der Waals surface area contributed by atoms with E-state index in [4.69, 9.17) is 39.2 Å². The number of carbonyl (C=O) groups is 1. The van der Waals surface area contributed by atoms with Gasteiger partial charge in [-0.05, 0) is 25.0 Å². The molecule has 5 nitrogen and oxygen atoms in total. The number of likely N-dealkylation sites (tertiary alicyclic amines) is 1. The average Bonchev–Trinajstić information content (AvgIpc) is 2.58. The molecule has 25 heavy (non-hydrogen) atoms. The van der Waals surface area contributed by atoms with E-state index in [1.807, 2.05) is 4.90 Å². The molecule has 1 unspecified atom stereocenters. The molecule has 2 aromatic rings. The summed E-state index contributed by atoms with van der Waals surface area (Å²) in [6.07, 6.45) is 2.21. The van der Waals surface area contributed by atoms with Crippen molar-refractivity contribution in [2.75, 3.05) is 13.1 Å². The number of piperidine rings is 1. The zero-order valence-corrected chi connectivity index (χ0v) is 15.6. The Bertz CT molecular complexity index is 826. The molecule has 1 N–H and O–H groups in total. The van der Waals surface area contributed by atoms with Crippen LogP contribution in [0.1, 0.15) is 29.6 Å². The van der Waals surface area contributed by atoms with Gasteiger partial charge in [-0.15, -0.1) is 0 Å². The van der Waals surface area contributed by atoms with Gasteiger partial charge in [0.2, 0.25) is 3.79 Å². The Hall–Kier alpha value is -1.27. The predicted octanol–water partition coefficient (Wildman–Crippen LogP) is 3.71. The van der Waals surface area contributed by atoms with Crippen molar-refractivity contribution in [2.45, 2.75) is 29.2 Å². The Morgan fingerprint density at radius 2 is 1.84 bits per heavy atom. The Morgan fingerprint density at radius 1 is 1.16 bits per heavy atom. The minimum absolute atomic E-state index is 0.116. The number of alkyl halides is 3. The first-order chi connectivity index (χ1) is 11.9. The van der Waals surface area contributed by atoms with E-state index in [2.05, 4.69) is 5.32 Å². The SMILES string of the molecule is O=C(NC(N1CCCCC1)C(Cl)(Cl)Cl)c1cc2ccccc2oc1=O. The molecular formula is C17H17Cl3N2O3. The number of nitrogens with zero attached hydrogens (tertiary/aromatic N) is 1. The summed E-state index contributed by atoms with van der Waals surface area (Å²) >= 11 is 18.2. The molecule has 1 amide bonds. The summed E-state index contributed by atoms with van der Waals surface area (Å²) in [5, 5.41) is 3.33. The number of benzene rings is 1. The topological polar surface area (TPSA) is 62.6 Å². The smallest absolute Gasteiger partial charge is 0.349 e. The molecule has 0 aliphatic carbocycles. The molecule has 0 radical (unpaired) electrons. The lowest BCUT2D eigenvalue weighted by molar-refractivity contribution is 0.0816. The monoisotopic (exact) mass is 402 g/mol. The summed E-state index contributed by atoms with van der Waals surface area (Å²) < 4.78 is 3.48. The van der Waals surface area contributed by atoms with Crippen molar-refractivity contribution in [1.29, 1.82) is 0 Å². The molecule has 1 fully saturated rings. The van der Waals surface area contributed by atoms with Crippen LogP contribution >= 0.6 is 34.8 Å². The number of para-hydroxylation sites is 1. The average molecular weight is 404 g/mol. The van der Waals surface area contributed by atoms with Gasteiger partial charge in [0.15, 0.2) is 0 Å². The van der Waals surface area contributed by atoms with Crippen LogP contribution in [0.4, 0.5) is 0 Å². The van der Waals surface area contributed by atoms with E-state index in [1.54, 1.807) is 24.3 Å². The summed E-state index contributed by atoms with van der Waals surface area (Å²) in [7, 11) is 0. The van der Waals surface area contributed by atoms with Crippen LogP contribution < -0.4 is 10.9 Å². The molecule has 1 aliphatic rings. The third kappa shape index (κ3) is 4.29. The second kappa shape index (κ2) is 7.54. The third-order valence-electron chi connectivity index (χ3n) is 4.22. The maximum Gasteiger partial charge on any atom is 0.349 e. The van der Waals surface area contributed by atoms with E-state index in [-0.39, 0.29) is 5.56 Å². The fourth-order valence-electron chi connectivity index (χ4n) is 2.98. The van der Waals surface area contributed by atoms with Crippen LogP contribution in [0.25, 0.3) is 11.0 Å². The summed E-state index contributed by atoms with van der Waals surface area (Å²) in [6.45, 7) is 1.43. The number of fused-ring (bicyclic) bond motifs is 1. The Morgan fingerprint density at radius 3 is 2.52 bits per heavy atom. The lowest BCUT2D eigenvalue weighted by Crippen LogP contribution is -2.57. The number of hydrogen-bond donors (Lipinski definition) is 1. The lowest BCUT2D eigenvalue weighted by Gasteiger charge is -2.38. The highest BCUT2D eigenvalue weighted by molar-refractivity contribution is 6.68. The Balaban J connectivity index is 1.88. The van der Waals surface area contributed by atoms with Crippen LogP contribution in [0.5, 0.6) is 0 Å². The van der Waals surface area contributed by atoms with E-state index in [0.29, 0.717) is 24.1 Å². The van der Waals surface area contributed by atoms with Crippen molar-refractivity contribution >= 4 is 51.7 Å². The number of amides is 1. The minimum Gasteiger partial charge on any atom is -0.422 e. The van der Waals surface area contributed by atoms with E-state index in [9.17, 15) is 9.59 Å². The Kier molecular flexibility index (Phi) is 5.58. The zero-order chi connectivity index (χ0) is 18.0. The van der Waals surface area contributed by atoms with E-state index < -0.39 is 21.5 Å². The molecule has 1 saturated heterocycles. The maximum atomic E-state index is 12.6. The van der Waals surface area contributed by atoms with Gasteiger partial charge >= 0.3 is 5.63 Å². The molecule has 2 heterocycles. The molecule has 1 atom stereocenters. The second-order valence-corrected chi connectivity index (χ2v) is 8.37. The molecule has 1 aromatic carbocycles. The molecule has 1 aliphatic heterocycles. The molecule has 0 bridgehead atoms. The van der Waals surface area contributed by atoms with Crippen molar-refractivity contribution in [3.05, 3.63) is 46.3 Å². The molecule has 0 saturated carbocycles. The summed E-state index contributed by atoms with van der Waals surface area (Å²) in [5.74, 6) is -0.624. The van der Waals surface area contributed by atoms with Crippen LogP contribution in [0.3, 0.4) is 0 Å². The molecule has 3 rings (SSSR count). The van der Waals surface area contributed by atoms with Crippen LogP contribution in [0, 0.1) is 0 Å². The van der Waals surface area contributed by atoms with Crippen molar-refractivity contribution in [3.8, 4) is 0 Å². The largest absolute Gasteiger partial charge is 0.422 e. The van der Waals surface area contributed by atoms with Crippen molar-refractivity contribution in [1.82, 2.24) is 10.2 Å². The molecule has 134 valence electrons. The normalized spacial score (nSPS) is 17.4. The molecule has 1 aromatic heterocycles. The summed E-state index contributed by atoms with van der Waals surface area (Å²) in [4.78, 5) is 26.7. The first-order valence-electron chi connectivity index (χ1n) is 8.01. The highest BCUT2D eigenvalue weighted by Gasteiger charge is 2.39. The second-order valence-electron chi connectivity index (χ2n) is 6.00. The van der Waals surface area contributed by atoms with E-state index in [1.165, 1.54) is 6.07 Å². The van der Waals surface area contributed by atoms with Crippen LogP contribution in [0.2, 0.25) is 0 Å². The molecule has 0 spiro atoms. The Labute approximate surface area is 159 Å². The highest BCUT2D eigenvalue weighted by atomic mass is 35.6. The number of halogens is 3. The van der Waals surface area contributed by atoms with E-state index >= 15 is 0 Å². The van der Waals surface area contributed by atoms with Gasteiger partial charge in [-0.1, -0.05) is 59.4 Å². The number of carbonyl (C=O) groups excluding carboxylic acids is 1. The van der Waals surface area contributed by atoms with Crippen LogP contribution in [-0.4, -0.2) is 33.9 Å². The first kappa shape index (κ1) is 18.5. The van der Waals surface area contributed by atoms with Gasteiger partial charge < -0.3 is 9.73 Å². The minimum atomic E-state index is -1.72. The van der Waals surface area contributed by atoms with Gasteiger partial charge in [0.05, 0.1) is 0 Å². The fourth-order valence-corrected chi connectivity index (χ4v) is 3.56. The van der Waals surface area contributed by atoms with Crippen LogP contribution in [-0.2, 0) is 0 Å². The third-order valence-corrected chi connectivity index (χ3v) is 4.84. The van der Waals surface area contributed by atoms with Gasteiger partial charge in [0, 0.05) is 18.5 Å². The van der Waals surface area contributed by atoms with Gasteiger partial charge in [0.25, 0.3) is 5.91 Å². The predicted molar refractivity (Wildman–Crippen MR) is 99.5 cm³/mol. The quantitative estimate of drug-likeness (QED) is 0.627. The van der Waals surface area contributed by atoms with Crippen molar-refractivity contribution in [3.63, 3.8) is 0 Å². The van der Waals surface area contributed by atoms with Gasteiger partial charge in [0.1, 0.15) is 17.3 Å².